The number of benzene rings is 1. The minimum absolute atomic E-state index is 0. The summed E-state index contributed by atoms with van der Waals surface area (Å²) < 4.78 is 5.85. The first-order chi connectivity index (χ1) is 9.21. The third-order valence-electron chi connectivity index (χ3n) is 3.17. The number of hydrogen-bond donors (Lipinski definition) is 0. The molecular formula is C17H31ClNiOP. The van der Waals surface area contributed by atoms with Gasteiger partial charge in [-0.05, 0) is 53.7 Å². The van der Waals surface area contributed by atoms with Crippen LogP contribution in [0.15, 0.2) is 30.3 Å². The predicted molar refractivity (Wildman–Crippen MR) is 96.9 cm³/mol. The average Bonchev–Trinajstić information content (AvgIpc) is 2.35. The number of rotatable bonds is 4. The second kappa shape index (κ2) is 10.9. The molecule has 0 bridgehead atoms. The summed E-state index contributed by atoms with van der Waals surface area (Å²) in [5, 5.41) is 0.839. The van der Waals surface area contributed by atoms with Crippen molar-refractivity contribution < 1.29 is 19.3 Å². The second-order valence-electron chi connectivity index (χ2n) is 6.89. The first kappa shape index (κ1) is 23.5. The molecule has 1 aromatic carbocycles. The van der Waals surface area contributed by atoms with Crippen molar-refractivity contribution in [2.75, 3.05) is 12.8 Å². The molecule has 0 unspecified atom stereocenters. The Bertz CT molecular complexity index is 343. The van der Waals surface area contributed by atoms with E-state index in [1.165, 1.54) is 6.16 Å². The summed E-state index contributed by atoms with van der Waals surface area (Å²) in [7, 11) is 3.79. The summed E-state index contributed by atoms with van der Waals surface area (Å²) in [6, 6.07) is 10.1. The molecule has 1 nitrogen and oxygen atoms in total. The van der Waals surface area contributed by atoms with Crippen LogP contribution in [0.2, 0.25) is 0 Å². The van der Waals surface area contributed by atoms with Crippen LogP contribution in [0.1, 0.15) is 41.5 Å². The summed E-state index contributed by atoms with van der Waals surface area (Å²) in [6.45, 7) is 15.1. The molecule has 0 saturated carbocycles. The van der Waals surface area contributed by atoms with E-state index in [2.05, 4.69) is 66.3 Å². The van der Waals surface area contributed by atoms with Gasteiger partial charge in [0.25, 0.3) is 0 Å². The SMILES string of the molecule is CC(C)(C)[PH+](CCOc1ccccc1)C(C)(C)C.[CH3-].[Cl][Ni]. The van der Waals surface area contributed by atoms with Gasteiger partial charge in [-0.1, -0.05) is 18.2 Å². The van der Waals surface area contributed by atoms with E-state index in [1.54, 1.807) is 0 Å². The van der Waals surface area contributed by atoms with Gasteiger partial charge in [0.15, 0.2) is 0 Å². The van der Waals surface area contributed by atoms with Crippen LogP contribution >= 0.6 is 18.1 Å². The molecule has 0 heterocycles. The standard InChI is InChI=1S/C16H27OP.CH3.ClH.Ni/c1-15(2,3)18(16(4,5)6)13-12-17-14-10-8-7-9-11-14;;;/h7-11H,12-13H2,1-6H3;1H3;1H;/q;-1;;+1. The Labute approximate surface area is 145 Å². The van der Waals surface area contributed by atoms with Gasteiger partial charge in [-0.2, -0.15) is 0 Å². The molecule has 127 valence electrons. The molecule has 21 heavy (non-hydrogen) atoms. The van der Waals surface area contributed by atoms with E-state index in [-0.39, 0.29) is 7.43 Å². The topological polar surface area (TPSA) is 9.23 Å². The quantitative estimate of drug-likeness (QED) is 0.355. The van der Waals surface area contributed by atoms with Crippen molar-refractivity contribution in [3.8, 4) is 5.75 Å². The van der Waals surface area contributed by atoms with Crippen LogP contribution in [0.5, 0.6) is 5.75 Å². The Balaban J connectivity index is 0. The van der Waals surface area contributed by atoms with E-state index < -0.39 is 7.92 Å². The number of para-hydroxylation sites is 1. The molecule has 0 saturated heterocycles. The zero-order valence-electron chi connectivity index (χ0n) is 14.4. The van der Waals surface area contributed by atoms with E-state index in [1.807, 2.05) is 30.3 Å². The Kier molecular flexibility index (Phi) is 12.2. The van der Waals surface area contributed by atoms with Crippen molar-refractivity contribution >= 4 is 18.1 Å². The van der Waals surface area contributed by atoms with Crippen molar-refractivity contribution in [2.45, 2.75) is 51.9 Å². The monoisotopic (exact) mass is 375 g/mol. The molecule has 0 spiro atoms. The van der Waals surface area contributed by atoms with Crippen LogP contribution in [0, 0.1) is 7.43 Å². The summed E-state index contributed by atoms with van der Waals surface area (Å²) in [5.74, 6) is 0.988. The fourth-order valence-corrected chi connectivity index (χ4v) is 6.72. The Morgan fingerprint density at radius 1 is 0.952 bits per heavy atom. The Morgan fingerprint density at radius 2 is 1.38 bits per heavy atom. The average molecular weight is 377 g/mol. The minimum atomic E-state index is -0.470. The van der Waals surface area contributed by atoms with Crippen molar-refractivity contribution in [1.82, 2.24) is 0 Å². The summed E-state index contributed by atoms with van der Waals surface area (Å²) in [5.41, 5.74) is 0. The van der Waals surface area contributed by atoms with Crippen molar-refractivity contribution in [3.63, 3.8) is 0 Å². The van der Waals surface area contributed by atoms with Gasteiger partial charge >= 0.3 is 24.8 Å². The Morgan fingerprint density at radius 3 is 1.76 bits per heavy atom. The van der Waals surface area contributed by atoms with Gasteiger partial charge in [0.05, 0.1) is 16.5 Å². The van der Waals surface area contributed by atoms with Crippen LogP contribution in [0.4, 0.5) is 0 Å². The van der Waals surface area contributed by atoms with Crippen molar-refractivity contribution in [2.24, 2.45) is 0 Å². The third kappa shape index (κ3) is 9.77. The normalized spacial score (nSPS) is 11.3. The zero-order valence-corrected chi connectivity index (χ0v) is 17.1. The van der Waals surface area contributed by atoms with Gasteiger partial charge in [0.2, 0.25) is 0 Å². The Hall–Kier alpha value is 0.234. The van der Waals surface area contributed by atoms with Crippen molar-refractivity contribution in [1.29, 1.82) is 0 Å². The molecule has 0 atom stereocenters. The molecule has 0 amide bonds. The van der Waals surface area contributed by atoms with Gasteiger partial charge in [0.1, 0.15) is 12.4 Å². The van der Waals surface area contributed by atoms with E-state index in [9.17, 15) is 0 Å². The maximum atomic E-state index is 5.85. The molecule has 0 aromatic heterocycles. The molecule has 0 fully saturated rings. The van der Waals surface area contributed by atoms with Crippen molar-refractivity contribution in [3.05, 3.63) is 37.8 Å². The molecule has 0 aliphatic heterocycles. The molecule has 0 aliphatic rings. The molecule has 0 N–H and O–H groups in total. The predicted octanol–water partition coefficient (Wildman–Crippen LogP) is 6.01. The third-order valence-corrected chi connectivity index (χ3v) is 7.50. The summed E-state index contributed by atoms with van der Waals surface area (Å²) in [6.07, 6.45) is 1.20. The fourth-order valence-electron chi connectivity index (χ4n) is 2.66. The zero-order chi connectivity index (χ0) is 15.8. The molecule has 0 aliphatic carbocycles. The van der Waals surface area contributed by atoms with Crippen LogP contribution in [-0.2, 0) is 14.6 Å². The number of ether oxygens (including phenoxy) is 1. The first-order valence-electron chi connectivity index (χ1n) is 6.88. The fraction of sp³-hybridized carbons (Fsp3) is 0.588. The molecule has 4 heteroatoms. The first-order valence-corrected chi connectivity index (χ1v) is 9.94. The maximum absolute atomic E-state index is 5.85. The molecule has 1 rings (SSSR count). The van der Waals surface area contributed by atoms with Crippen LogP contribution in [0.3, 0.4) is 0 Å². The van der Waals surface area contributed by atoms with Crippen LogP contribution in [-0.4, -0.2) is 23.1 Å². The van der Waals surface area contributed by atoms with Gasteiger partial charge in [-0.25, -0.2) is 0 Å². The van der Waals surface area contributed by atoms with Gasteiger partial charge in [0, 0.05) is 7.92 Å². The van der Waals surface area contributed by atoms with Crippen LogP contribution in [0.25, 0.3) is 0 Å². The van der Waals surface area contributed by atoms with E-state index in [4.69, 9.17) is 4.74 Å². The van der Waals surface area contributed by atoms with Gasteiger partial charge in [-0.15, -0.1) is 0 Å². The van der Waals surface area contributed by atoms with Gasteiger partial charge < -0.3 is 12.2 Å². The van der Waals surface area contributed by atoms with E-state index in [0.717, 1.165) is 12.4 Å². The number of hydrogen-bond acceptors (Lipinski definition) is 1. The molecular weight excluding hydrogens is 345 g/mol. The number of halogens is 1. The van der Waals surface area contributed by atoms with E-state index in [0.29, 0.717) is 10.3 Å². The van der Waals surface area contributed by atoms with Gasteiger partial charge in [-0.3, -0.25) is 0 Å². The van der Waals surface area contributed by atoms with E-state index >= 15 is 0 Å². The summed E-state index contributed by atoms with van der Waals surface area (Å²) >= 11 is 3.35. The molecule has 0 radical (unpaired) electrons. The van der Waals surface area contributed by atoms with Crippen LogP contribution < -0.4 is 4.74 Å². The summed E-state index contributed by atoms with van der Waals surface area (Å²) in [4.78, 5) is 0. The second-order valence-corrected chi connectivity index (χ2v) is 11.3. The molecule has 1 aromatic rings.